The molecule has 0 aliphatic heterocycles. The van der Waals surface area contributed by atoms with Crippen molar-refractivity contribution in [1.29, 1.82) is 5.26 Å². The summed E-state index contributed by atoms with van der Waals surface area (Å²) in [5.74, 6) is 0.739. The summed E-state index contributed by atoms with van der Waals surface area (Å²) in [5, 5.41) is 9.35. The molecule has 1 fully saturated rings. The van der Waals surface area contributed by atoms with Crippen molar-refractivity contribution in [2.24, 2.45) is 0 Å². The quantitative estimate of drug-likeness (QED) is 0.404. The fourth-order valence-corrected chi connectivity index (χ4v) is 4.28. The number of hydrogen-bond acceptors (Lipinski definition) is 3. The lowest BCUT2D eigenvalue weighted by Crippen LogP contribution is -2.37. The molecule has 1 saturated carbocycles. The molecule has 1 amide bonds. The highest BCUT2D eigenvalue weighted by Gasteiger charge is 2.29. The van der Waals surface area contributed by atoms with E-state index in [1.54, 1.807) is 18.2 Å². The first-order valence-electron chi connectivity index (χ1n) is 8.90. The van der Waals surface area contributed by atoms with Gasteiger partial charge in [-0.25, -0.2) is 0 Å². The average molecular weight is 495 g/mol. The van der Waals surface area contributed by atoms with Gasteiger partial charge in [-0.1, -0.05) is 29.3 Å². The van der Waals surface area contributed by atoms with Gasteiger partial charge >= 0.3 is 0 Å². The first kappa shape index (κ1) is 20.0. The van der Waals surface area contributed by atoms with Crippen molar-refractivity contribution in [3.63, 3.8) is 0 Å². The van der Waals surface area contributed by atoms with Gasteiger partial charge in [-0.3, -0.25) is 7.91 Å². The Balaban J connectivity index is 1.55. The fourth-order valence-electron chi connectivity index (χ4n) is 3.23. The maximum absolute atomic E-state index is 12.7. The molecule has 0 atom stereocenters. The number of rotatable bonds is 4. The van der Waals surface area contributed by atoms with Gasteiger partial charge in [0, 0.05) is 17.7 Å². The number of carbonyl (C=O) groups excluding carboxylic acids is 1. The summed E-state index contributed by atoms with van der Waals surface area (Å²) in [6.07, 6.45) is 3.65. The zero-order valence-electron chi connectivity index (χ0n) is 15.0. The lowest BCUT2D eigenvalue weighted by molar-refractivity contribution is 0.0780. The molecule has 1 aliphatic rings. The van der Waals surface area contributed by atoms with Crippen molar-refractivity contribution in [2.45, 2.75) is 44.8 Å². The minimum Gasteiger partial charge on any atom is -0.490 e. The third-order valence-electron chi connectivity index (χ3n) is 4.82. The van der Waals surface area contributed by atoms with Crippen LogP contribution in [0.5, 0.6) is 5.75 Å². The molecule has 0 bridgehead atoms. The zero-order valence-corrected chi connectivity index (χ0v) is 17.9. The van der Waals surface area contributed by atoms with Crippen LogP contribution < -0.4 is 4.74 Å². The summed E-state index contributed by atoms with van der Waals surface area (Å²) >= 11 is 8.20. The summed E-state index contributed by atoms with van der Waals surface area (Å²) in [4.78, 5) is 12.7. The number of aryl methyl sites for hydroxylation is 1. The molecular weight excluding hydrogens is 475 g/mol. The Hall–Kier alpha value is -1.78. The van der Waals surface area contributed by atoms with Crippen LogP contribution in [-0.2, 0) is 0 Å². The predicted octanol–water partition coefficient (Wildman–Crippen LogP) is 5.70. The van der Waals surface area contributed by atoms with Gasteiger partial charge in [0.25, 0.3) is 5.91 Å². The van der Waals surface area contributed by atoms with E-state index in [4.69, 9.17) is 21.6 Å². The third kappa shape index (κ3) is 4.94. The smallest absolute Gasteiger partial charge is 0.262 e. The molecule has 0 heterocycles. The highest BCUT2D eigenvalue weighted by molar-refractivity contribution is 14.1. The average Bonchev–Trinajstić information content (AvgIpc) is 2.68. The highest BCUT2D eigenvalue weighted by atomic mass is 127. The van der Waals surface area contributed by atoms with Crippen LogP contribution in [0.1, 0.15) is 47.2 Å². The van der Waals surface area contributed by atoms with Gasteiger partial charge < -0.3 is 4.74 Å². The number of amides is 1. The Bertz CT molecular complexity index is 855. The second kappa shape index (κ2) is 8.94. The van der Waals surface area contributed by atoms with Crippen molar-refractivity contribution in [3.05, 3.63) is 64.2 Å². The monoisotopic (exact) mass is 494 g/mol. The van der Waals surface area contributed by atoms with Crippen molar-refractivity contribution < 1.29 is 9.53 Å². The number of carbonyl (C=O) groups is 1. The molecule has 140 valence electrons. The lowest BCUT2D eigenvalue weighted by atomic mass is 9.92. The maximum Gasteiger partial charge on any atom is 0.262 e. The van der Waals surface area contributed by atoms with E-state index in [9.17, 15) is 4.79 Å². The van der Waals surface area contributed by atoms with Crippen molar-refractivity contribution in [2.75, 3.05) is 0 Å². The van der Waals surface area contributed by atoms with Crippen molar-refractivity contribution in [1.82, 2.24) is 3.11 Å². The molecular formula is C21H20ClIN2O2. The van der Waals surface area contributed by atoms with E-state index in [-0.39, 0.29) is 18.1 Å². The van der Waals surface area contributed by atoms with E-state index in [0.29, 0.717) is 16.3 Å². The van der Waals surface area contributed by atoms with Crippen LogP contribution in [-0.4, -0.2) is 21.2 Å². The first-order valence-corrected chi connectivity index (χ1v) is 10.2. The minimum absolute atomic E-state index is 0.0545. The van der Waals surface area contributed by atoms with Gasteiger partial charge in [0.1, 0.15) is 11.8 Å². The molecule has 0 spiro atoms. The molecule has 27 heavy (non-hydrogen) atoms. The second-order valence-electron chi connectivity index (χ2n) is 6.78. The number of ether oxygens (including phenoxy) is 1. The van der Waals surface area contributed by atoms with Crippen molar-refractivity contribution >= 4 is 40.4 Å². The lowest BCUT2D eigenvalue weighted by Gasteiger charge is -2.33. The molecule has 3 rings (SSSR count). The van der Waals surface area contributed by atoms with Crippen molar-refractivity contribution in [3.8, 4) is 11.8 Å². The van der Waals surface area contributed by atoms with Crippen LogP contribution in [0.3, 0.4) is 0 Å². The van der Waals surface area contributed by atoms with E-state index in [0.717, 1.165) is 36.8 Å². The minimum atomic E-state index is 0.0545. The summed E-state index contributed by atoms with van der Waals surface area (Å²) in [5.41, 5.74) is 2.32. The molecule has 0 radical (unpaired) electrons. The van der Waals surface area contributed by atoms with Crippen LogP contribution in [0.4, 0.5) is 0 Å². The number of benzene rings is 2. The molecule has 0 aromatic heterocycles. The van der Waals surface area contributed by atoms with Gasteiger partial charge in [-0.15, -0.1) is 0 Å². The third-order valence-corrected chi connectivity index (χ3v) is 6.36. The van der Waals surface area contributed by atoms with E-state index in [1.807, 2.05) is 40.4 Å². The van der Waals surface area contributed by atoms with Crippen LogP contribution in [0, 0.1) is 18.3 Å². The van der Waals surface area contributed by atoms with Crippen LogP contribution >= 0.6 is 34.5 Å². The van der Waals surface area contributed by atoms with Gasteiger partial charge in [0.15, 0.2) is 0 Å². The van der Waals surface area contributed by atoms with Gasteiger partial charge in [-0.2, -0.15) is 5.26 Å². The second-order valence-corrected chi connectivity index (χ2v) is 8.23. The predicted molar refractivity (Wildman–Crippen MR) is 114 cm³/mol. The van der Waals surface area contributed by atoms with Crippen LogP contribution in [0.15, 0.2) is 42.5 Å². The van der Waals surface area contributed by atoms with Crippen LogP contribution in [0.25, 0.3) is 0 Å². The van der Waals surface area contributed by atoms with E-state index in [1.165, 1.54) is 0 Å². The molecule has 6 heteroatoms. The topological polar surface area (TPSA) is 53.3 Å². The Morgan fingerprint density at radius 3 is 2.44 bits per heavy atom. The summed E-state index contributed by atoms with van der Waals surface area (Å²) in [6.45, 7) is 2.01. The van der Waals surface area contributed by atoms with Gasteiger partial charge in [-0.05, 0) is 56.9 Å². The summed E-state index contributed by atoms with van der Waals surface area (Å²) < 4.78 is 7.85. The molecule has 2 aromatic carbocycles. The number of nitrogens with zero attached hydrogens (tertiary/aromatic N) is 2. The Morgan fingerprint density at radius 1 is 1.19 bits per heavy atom. The van der Waals surface area contributed by atoms with E-state index < -0.39 is 0 Å². The van der Waals surface area contributed by atoms with Crippen LogP contribution in [0.2, 0.25) is 5.02 Å². The molecule has 0 N–H and O–H groups in total. The summed E-state index contributed by atoms with van der Waals surface area (Å²) in [7, 11) is 0. The molecule has 0 saturated heterocycles. The number of hydrogen-bond donors (Lipinski definition) is 0. The van der Waals surface area contributed by atoms with E-state index >= 15 is 0 Å². The Kier molecular flexibility index (Phi) is 6.61. The van der Waals surface area contributed by atoms with E-state index in [2.05, 4.69) is 22.9 Å². The standard InChI is InChI=1S/C21H20ClIN2O2/c1-14-2-4-15(5-3-14)21(26)25(23)17-7-10-18(11-8-17)27-19-9-6-16(13-24)20(22)12-19/h2-6,9,12,17-18H,7-8,10-11H2,1H3. The highest BCUT2D eigenvalue weighted by Crippen LogP contribution is 2.30. The molecule has 4 nitrogen and oxygen atoms in total. The van der Waals surface area contributed by atoms with Gasteiger partial charge in [0.2, 0.25) is 0 Å². The molecule has 1 aliphatic carbocycles. The first-order chi connectivity index (χ1) is 13.0. The zero-order chi connectivity index (χ0) is 19.4. The van der Waals surface area contributed by atoms with Gasteiger partial charge in [0.05, 0.1) is 39.6 Å². The SMILES string of the molecule is Cc1ccc(C(=O)N(I)C2CCC(Oc3ccc(C#N)c(Cl)c3)CC2)cc1. The fraction of sp³-hybridized carbons (Fsp3) is 0.333. The summed E-state index contributed by atoms with van der Waals surface area (Å²) in [6, 6.07) is 15.1. The Labute approximate surface area is 178 Å². The molecule has 2 aromatic rings. The number of halogens is 2. The largest absolute Gasteiger partial charge is 0.490 e. The number of nitriles is 1. The Morgan fingerprint density at radius 2 is 1.85 bits per heavy atom. The maximum atomic E-state index is 12.7. The normalized spacial score (nSPS) is 19.2. The molecule has 0 unspecified atom stereocenters.